The van der Waals surface area contributed by atoms with Gasteiger partial charge < -0.3 is 14.6 Å². The molecule has 3 aliphatic carbocycles. The summed E-state index contributed by atoms with van der Waals surface area (Å²) in [6, 6.07) is 0. The van der Waals surface area contributed by atoms with E-state index in [2.05, 4.69) is 15.9 Å². The number of alkyl halides is 1. The van der Waals surface area contributed by atoms with Crippen LogP contribution in [-0.4, -0.2) is 46.0 Å². The number of cyclic esters (lactones) is 1. The molecule has 164 valence electrons. The van der Waals surface area contributed by atoms with Gasteiger partial charge in [-0.1, -0.05) is 47.5 Å². The summed E-state index contributed by atoms with van der Waals surface area (Å²) in [6.07, 6.45) is 3.96. The van der Waals surface area contributed by atoms with Crippen LogP contribution in [0.4, 0.5) is 0 Å². The van der Waals surface area contributed by atoms with E-state index in [1.54, 1.807) is 0 Å². The van der Waals surface area contributed by atoms with Crippen LogP contribution in [-0.2, 0) is 23.9 Å². The van der Waals surface area contributed by atoms with Crippen LogP contribution in [0.1, 0.15) is 40.5 Å². The van der Waals surface area contributed by atoms with Gasteiger partial charge >= 0.3 is 11.9 Å². The molecule has 30 heavy (non-hydrogen) atoms. The number of carbonyl (C=O) groups is 3. The number of ether oxygens (including phenoxy) is 2. The molecular formula is C22H26BrClO6. The van der Waals surface area contributed by atoms with Gasteiger partial charge in [-0.3, -0.25) is 9.59 Å². The Hall–Kier alpha value is -1.18. The molecule has 0 bridgehead atoms. The Balaban J connectivity index is 1.89. The zero-order valence-corrected chi connectivity index (χ0v) is 19.7. The van der Waals surface area contributed by atoms with E-state index in [4.69, 9.17) is 21.1 Å². The van der Waals surface area contributed by atoms with Crippen LogP contribution in [0.5, 0.6) is 0 Å². The number of halogens is 2. The number of carbonyl (C=O) groups excluding carboxylic acids is 3. The second-order valence-electron chi connectivity index (χ2n) is 9.56. The predicted molar refractivity (Wildman–Crippen MR) is 113 cm³/mol. The minimum absolute atomic E-state index is 0.0597. The summed E-state index contributed by atoms with van der Waals surface area (Å²) in [5, 5.41) is 12.1. The number of esters is 2. The smallest absolute Gasteiger partial charge is 0.331 e. The summed E-state index contributed by atoms with van der Waals surface area (Å²) in [6.45, 7) is 6.88. The molecule has 0 unspecified atom stereocenters. The number of allylic oxidation sites excluding steroid dienone is 2. The monoisotopic (exact) mass is 500 g/mol. The third kappa shape index (κ3) is 2.67. The zero-order chi connectivity index (χ0) is 22.2. The number of rotatable bonds is 2. The number of ketones is 1. The third-order valence-electron chi connectivity index (χ3n) is 8.15. The van der Waals surface area contributed by atoms with Gasteiger partial charge in [0.05, 0.1) is 4.83 Å². The Morgan fingerprint density at radius 2 is 2.00 bits per heavy atom. The van der Waals surface area contributed by atoms with Crippen molar-refractivity contribution in [1.82, 2.24) is 0 Å². The molecule has 0 spiro atoms. The molecule has 1 N–H and O–H groups in total. The molecule has 0 aromatic rings. The van der Waals surface area contributed by atoms with Gasteiger partial charge in [-0.05, 0) is 37.2 Å². The quantitative estimate of drug-likeness (QED) is 0.461. The second-order valence-corrected chi connectivity index (χ2v) is 11.0. The van der Waals surface area contributed by atoms with Crippen molar-refractivity contribution in [3.8, 4) is 0 Å². The van der Waals surface area contributed by atoms with Crippen LogP contribution in [0, 0.1) is 28.6 Å². The van der Waals surface area contributed by atoms with Crippen molar-refractivity contribution in [2.45, 2.75) is 57.1 Å². The SMILES string of the molecule is CC(=O)O[C@H]1[C@H]2[C@@H]3C=C(Cl)C4=CC(=O)OC[C@]4(C)[C@H]3CC[C@]2(C)[C@@](O)(C(C)=O)[C@@H]1Br. The highest BCUT2D eigenvalue weighted by Crippen LogP contribution is 2.68. The summed E-state index contributed by atoms with van der Waals surface area (Å²) in [5.41, 5.74) is -2.21. The fourth-order valence-electron chi connectivity index (χ4n) is 6.67. The van der Waals surface area contributed by atoms with Gasteiger partial charge in [-0.15, -0.1) is 0 Å². The maximum absolute atomic E-state index is 12.7. The van der Waals surface area contributed by atoms with Crippen molar-refractivity contribution in [2.24, 2.45) is 28.6 Å². The molecule has 0 radical (unpaired) electrons. The Morgan fingerprint density at radius 1 is 1.33 bits per heavy atom. The highest BCUT2D eigenvalue weighted by Gasteiger charge is 2.73. The molecule has 0 saturated heterocycles. The van der Waals surface area contributed by atoms with Crippen molar-refractivity contribution < 1.29 is 29.0 Å². The average molecular weight is 502 g/mol. The first kappa shape index (κ1) is 22.0. The standard InChI is InChI=1S/C22H26BrClO6/c1-10(25)22(28)19(23)18(30-11(2)26)17-12-7-15(24)14-8-16(27)29-9-20(14,3)13(12)5-6-21(17,22)4/h7-8,12-13,17-19,28H,5-6,9H2,1-4H3/t12-,13+,17-,18+,19-,20-,21+,22-/m1/s1. The number of aliphatic hydroxyl groups is 1. The predicted octanol–water partition coefficient (Wildman–Crippen LogP) is 3.29. The maximum Gasteiger partial charge on any atom is 0.331 e. The van der Waals surface area contributed by atoms with Gasteiger partial charge in [0.25, 0.3) is 0 Å². The normalized spacial score (nSPS) is 47.2. The summed E-state index contributed by atoms with van der Waals surface area (Å²) >= 11 is 10.2. The number of fused-ring (bicyclic) bond motifs is 5. The molecular weight excluding hydrogens is 476 g/mol. The van der Waals surface area contributed by atoms with Crippen molar-refractivity contribution in [2.75, 3.05) is 6.61 Å². The Morgan fingerprint density at radius 3 is 2.60 bits per heavy atom. The van der Waals surface area contributed by atoms with E-state index >= 15 is 0 Å². The Labute approximate surface area is 189 Å². The molecule has 2 fully saturated rings. The van der Waals surface area contributed by atoms with Crippen LogP contribution in [0.15, 0.2) is 22.8 Å². The van der Waals surface area contributed by atoms with E-state index in [1.165, 1.54) is 19.9 Å². The van der Waals surface area contributed by atoms with Crippen LogP contribution in [0.2, 0.25) is 0 Å². The van der Waals surface area contributed by atoms with Crippen molar-refractivity contribution >= 4 is 45.3 Å². The molecule has 0 aromatic heterocycles. The molecule has 8 atom stereocenters. The molecule has 2 saturated carbocycles. The van der Waals surface area contributed by atoms with Crippen LogP contribution < -0.4 is 0 Å². The van der Waals surface area contributed by atoms with E-state index in [-0.39, 0.29) is 30.1 Å². The lowest BCUT2D eigenvalue weighted by Gasteiger charge is -2.56. The zero-order valence-electron chi connectivity index (χ0n) is 17.4. The second kappa shape index (κ2) is 6.91. The minimum atomic E-state index is -1.68. The number of Topliss-reactive ketones (excluding diaryl/α,β-unsaturated/α-hetero) is 1. The van der Waals surface area contributed by atoms with Gasteiger partial charge in [0.1, 0.15) is 18.3 Å². The van der Waals surface area contributed by atoms with Crippen LogP contribution >= 0.6 is 27.5 Å². The van der Waals surface area contributed by atoms with Gasteiger partial charge in [-0.25, -0.2) is 4.79 Å². The first-order valence-corrected chi connectivity index (χ1v) is 11.5. The van der Waals surface area contributed by atoms with E-state index in [1.807, 2.05) is 19.9 Å². The molecule has 8 heteroatoms. The average Bonchev–Trinajstić information content (AvgIpc) is 2.82. The first-order chi connectivity index (χ1) is 13.9. The fourth-order valence-corrected chi connectivity index (χ4v) is 8.36. The van der Waals surface area contributed by atoms with E-state index < -0.39 is 39.3 Å². The van der Waals surface area contributed by atoms with E-state index in [0.29, 0.717) is 17.9 Å². The minimum Gasteiger partial charge on any atom is -0.462 e. The lowest BCUT2D eigenvalue weighted by Crippen LogP contribution is -2.59. The summed E-state index contributed by atoms with van der Waals surface area (Å²) in [5.74, 6) is -1.65. The molecule has 4 rings (SSSR count). The Bertz CT molecular complexity index is 898. The molecule has 1 aliphatic heterocycles. The molecule has 0 amide bonds. The molecule has 1 heterocycles. The summed E-state index contributed by atoms with van der Waals surface area (Å²) in [4.78, 5) is 35.8. The van der Waals surface area contributed by atoms with Gasteiger partial charge in [0.15, 0.2) is 5.78 Å². The fraction of sp³-hybridized carbons (Fsp3) is 0.682. The van der Waals surface area contributed by atoms with Crippen molar-refractivity contribution in [3.05, 3.63) is 22.8 Å². The lowest BCUT2D eigenvalue weighted by atomic mass is 9.49. The first-order valence-electron chi connectivity index (χ1n) is 10.2. The Kier molecular flexibility index (Phi) is 5.07. The van der Waals surface area contributed by atoms with Crippen LogP contribution in [0.3, 0.4) is 0 Å². The lowest BCUT2D eigenvalue weighted by molar-refractivity contribution is -0.162. The molecule has 0 aromatic carbocycles. The van der Waals surface area contributed by atoms with E-state index in [0.717, 1.165) is 5.57 Å². The largest absolute Gasteiger partial charge is 0.462 e. The van der Waals surface area contributed by atoms with Crippen molar-refractivity contribution in [1.29, 1.82) is 0 Å². The van der Waals surface area contributed by atoms with E-state index in [9.17, 15) is 19.5 Å². The van der Waals surface area contributed by atoms with Gasteiger partial charge in [-0.2, -0.15) is 0 Å². The van der Waals surface area contributed by atoms with Crippen molar-refractivity contribution in [3.63, 3.8) is 0 Å². The highest BCUT2D eigenvalue weighted by atomic mass is 79.9. The summed E-state index contributed by atoms with van der Waals surface area (Å²) < 4.78 is 11.1. The summed E-state index contributed by atoms with van der Waals surface area (Å²) in [7, 11) is 0. The topological polar surface area (TPSA) is 89.9 Å². The maximum atomic E-state index is 12.7. The molecule has 4 aliphatic rings. The number of hydrogen-bond donors (Lipinski definition) is 1. The third-order valence-corrected chi connectivity index (χ3v) is 9.66. The molecule has 6 nitrogen and oxygen atoms in total. The van der Waals surface area contributed by atoms with Gasteiger partial charge in [0.2, 0.25) is 0 Å². The highest BCUT2D eigenvalue weighted by molar-refractivity contribution is 9.09. The number of hydrogen-bond acceptors (Lipinski definition) is 6. The van der Waals surface area contributed by atoms with Crippen LogP contribution in [0.25, 0.3) is 0 Å². The van der Waals surface area contributed by atoms with Gasteiger partial charge in [0, 0.05) is 34.8 Å².